The highest BCUT2D eigenvalue weighted by Crippen LogP contribution is 2.05. The maximum atomic E-state index is 9.79. The molecule has 0 radical (unpaired) electrons. The smallest absolute Gasteiger partial charge is 0.334 e. The van der Waals surface area contributed by atoms with E-state index in [-0.39, 0.29) is 0 Å². The average molecular weight is 154 g/mol. The van der Waals surface area contributed by atoms with Crippen LogP contribution in [0, 0.1) is 0 Å². The van der Waals surface area contributed by atoms with Gasteiger partial charge in [-0.25, -0.2) is 4.79 Å². The van der Waals surface area contributed by atoms with Crippen LogP contribution < -0.4 is 0 Å². The quantitative estimate of drug-likeness (QED) is 0.324. The first-order valence-corrected chi connectivity index (χ1v) is 2.86. The number of rotatable bonds is 2. The van der Waals surface area contributed by atoms with Crippen LogP contribution in [0.15, 0.2) is 0 Å². The van der Waals surface area contributed by atoms with E-state index in [0.29, 0.717) is 0 Å². The number of hydrogen-bond acceptors (Lipinski definition) is 4. The summed E-state index contributed by atoms with van der Waals surface area (Å²) < 4.78 is -0.813. The third-order valence-electron chi connectivity index (χ3n) is 0.535. The fraction of sp³-hybridized carbons (Fsp3) is 0.667. The van der Waals surface area contributed by atoms with Crippen molar-refractivity contribution in [2.24, 2.45) is 0 Å². The first kappa shape index (κ1) is 8.13. The molecule has 48 valence electrons. The molecule has 0 spiro atoms. The van der Waals surface area contributed by atoms with Crippen molar-refractivity contribution in [1.29, 1.82) is 0 Å². The van der Waals surface area contributed by atoms with Gasteiger partial charge in [-0.15, -0.1) is 0 Å². The molecule has 0 rings (SSSR count). The van der Waals surface area contributed by atoms with E-state index in [1.807, 2.05) is 0 Å². The molecule has 1 unspecified atom stereocenters. The fourth-order valence-corrected chi connectivity index (χ4v) is 0.383. The molecule has 0 saturated heterocycles. The molecule has 0 fully saturated rings. The number of thiol groups is 2. The molecule has 0 aliphatic rings. The van der Waals surface area contributed by atoms with E-state index in [1.165, 1.54) is 0 Å². The Kier molecular flexibility index (Phi) is 3.27. The molecule has 2 N–H and O–H groups in total. The highest BCUT2D eigenvalue weighted by Gasteiger charge is 2.17. The zero-order valence-electron chi connectivity index (χ0n) is 3.85. The van der Waals surface area contributed by atoms with Crippen LogP contribution in [0.5, 0.6) is 0 Å². The molecule has 0 aromatic rings. The van der Waals surface area contributed by atoms with Gasteiger partial charge in [0.25, 0.3) is 0 Å². The summed E-state index contributed by atoms with van der Waals surface area (Å²) in [6, 6.07) is 0. The van der Waals surface area contributed by atoms with E-state index in [9.17, 15) is 4.79 Å². The predicted molar refractivity (Wildman–Crippen MR) is 35.4 cm³/mol. The van der Waals surface area contributed by atoms with Gasteiger partial charge < -0.3 is 10.2 Å². The highest BCUT2D eigenvalue weighted by atomic mass is 32.2. The van der Waals surface area contributed by atoms with E-state index in [0.717, 1.165) is 0 Å². The minimum atomic E-state index is -1.48. The number of aliphatic hydroxyl groups excluding tert-OH is 1. The summed E-state index contributed by atoms with van der Waals surface area (Å²) in [6.45, 7) is 0. The van der Waals surface area contributed by atoms with Crippen molar-refractivity contribution in [3.8, 4) is 0 Å². The summed E-state index contributed by atoms with van der Waals surface area (Å²) in [5, 5.41) is 16.5. The van der Waals surface area contributed by atoms with Crippen molar-refractivity contribution in [1.82, 2.24) is 0 Å². The Morgan fingerprint density at radius 1 is 1.50 bits per heavy atom. The highest BCUT2D eigenvalue weighted by molar-refractivity contribution is 7.99. The van der Waals surface area contributed by atoms with Crippen molar-refractivity contribution >= 4 is 31.2 Å². The third-order valence-corrected chi connectivity index (χ3v) is 1.10. The van der Waals surface area contributed by atoms with Gasteiger partial charge in [-0.1, -0.05) is 0 Å². The van der Waals surface area contributed by atoms with Gasteiger partial charge in [-0.05, 0) is 0 Å². The average Bonchev–Trinajstić information content (AvgIpc) is 1.64. The molecule has 0 aliphatic heterocycles. The zero-order chi connectivity index (χ0) is 6.73. The third kappa shape index (κ3) is 2.44. The Bertz CT molecular complexity index is 92.5. The van der Waals surface area contributed by atoms with Crippen LogP contribution in [-0.2, 0) is 4.79 Å². The minimum Gasteiger partial charge on any atom is -0.479 e. The molecule has 3 nitrogen and oxygen atoms in total. The molecular weight excluding hydrogens is 148 g/mol. The van der Waals surface area contributed by atoms with Gasteiger partial charge in [-0.2, -0.15) is 25.3 Å². The Morgan fingerprint density at radius 2 is 1.88 bits per heavy atom. The summed E-state index contributed by atoms with van der Waals surface area (Å²) >= 11 is 7.13. The maximum absolute atomic E-state index is 9.79. The van der Waals surface area contributed by atoms with Crippen LogP contribution in [-0.4, -0.2) is 26.9 Å². The van der Waals surface area contributed by atoms with Gasteiger partial charge in [-0.3, -0.25) is 0 Å². The summed E-state index contributed by atoms with van der Waals surface area (Å²) in [4.78, 5) is 9.79. The first-order chi connectivity index (χ1) is 3.55. The van der Waals surface area contributed by atoms with E-state index >= 15 is 0 Å². The summed E-state index contributed by atoms with van der Waals surface area (Å²) in [5.41, 5.74) is 0. The van der Waals surface area contributed by atoms with Gasteiger partial charge in [0.05, 0.1) is 4.58 Å². The van der Waals surface area contributed by atoms with Gasteiger partial charge in [0, 0.05) is 0 Å². The van der Waals surface area contributed by atoms with Gasteiger partial charge in [0.15, 0.2) is 6.10 Å². The maximum Gasteiger partial charge on any atom is 0.334 e. The molecule has 5 heteroatoms. The van der Waals surface area contributed by atoms with Crippen molar-refractivity contribution in [2.75, 3.05) is 0 Å². The van der Waals surface area contributed by atoms with E-state index in [1.54, 1.807) is 0 Å². The van der Waals surface area contributed by atoms with Crippen molar-refractivity contribution in [3.05, 3.63) is 0 Å². The SMILES string of the molecule is O=C(O)C(O)C(S)S. The summed E-state index contributed by atoms with van der Waals surface area (Å²) in [7, 11) is 0. The van der Waals surface area contributed by atoms with Crippen molar-refractivity contribution in [3.63, 3.8) is 0 Å². The lowest BCUT2D eigenvalue weighted by Crippen LogP contribution is -2.26. The Balaban J connectivity index is 3.64. The van der Waals surface area contributed by atoms with Crippen LogP contribution in [0.2, 0.25) is 0 Å². The molecule has 0 bridgehead atoms. The Hall–Kier alpha value is 0.130. The lowest BCUT2D eigenvalue weighted by atomic mass is 10.4. The van der Waals surface area contributed by atoms with Gasteiger partial charge >= 0.3 is 5.97 Å². The monoisotopic (exact) mass is 154 g/mol. The van der Waals surface area contributed by atoms with Crippen LogP contribution in [0.1, 0.15) is 0 Å². The molecule has 8 heavy (non-hydrogen) atoms. The van der Waals surface area contributed by atoms with E-state index in [4.69, 9.17) is 10.2 Å². The van der Waals surface area contributed by atoms with Gasteiger partial charge in [0.2, 0.25) is 0 Å². The van der Waals surface area contributed by atoms with Crippen molar-refractivity contribution < 1.29 is 15.0 Å². The standard InChI is InChI=1S/C3H6O3S2/c4-1(2(5)6)3(7)8/h1,3-4,7-8H,(H,5,6). The predicted octanol–water partition coefficient (Wildman–Crippen LogP) is -0.382. The molecule has 1 atom stereocenters. The van der Waals surface area contributed by atoms with Crippen LogP contribution in [0.25, 0.3) is 0 Å². The summed E-state index contributed by atoms with van der Waals surface area (Å²) in [6.07, 6.45) is -1.48. The lowest BCUT2D eigenvalue weighted by Gasteiger charge is -2.05. The Morgan fingerprint density at radius 3 is 1.88 bits per heavy atom. The second kappa shape index (κ2) is 3.21. The number of carbonyl (C=O) groups is 1. The molecule has 0 heterocycles. The second-order valence-electron chi connectivity index (χ2n) is 1.20. The van der Waals surface area contributed by atoms with Crippen LogP contribution in [0.3, 0.4) is 0 Å². The molecule has 0 aromatic heterocycles. The van der Waals surface area contributed by atoms with Crippen LogP contribution in [0.4, 0.5) is 0 Å². The molecular formula is C3H6O3S2. The van der Waals surface area contributed by atoms with Crippen LogP contribution >= 0.6 is 25.3 Å². The number of carboxylic acid groups (broad SMARTS) is 1. The molecule has 0 aromatic carbocycles. The van der Waals surface area contributed by atoms with E-state index < -0.39 is 16.7 Å². The largest absolute Gasteiger partial charge is 0.479 e. The summed E-state index contributed by atoms with van der Waals surface area (Å²) in [5.74, 6) is -1.31. The fourth-order valence-electron chi connectivity index (χ4n) is 0.128. The normalized spacial score (nSPS) is 14.0. The number of carboxylic acids is 1. The minimum absolute atomic E-state index is 0.813. The number of aliphatic carboxylic acids is 1. The molecule has 0 aliphatic carbocycles. The Labute approximate surface area is 57.5 Å². The lowest BCUT2D eigenvalue weighted by molar-refractivity contribution is -0.145. The first-order valence-electron chi connectivity index (χ1n) is 1.82. The molecule has 0 amide bonds. The number of aliphatic hydroxyl groups is 1. The second-order valence-corrected chi connectivity index (χ2v) is 2.72. The van der Waals surface area contributed by atoms with E-state index in [2.05, 4.69) is 25.3 Å². The zero-order valence-corrected chi connectivity index (χ0v) is 5.64. The molecule has 0 saturated carbocycles. The topological polar surface area (TPSA) is 57.5 Å². The van der Waals surface area contributed by atoms with Crippen molar-refractivity contribution in [2.45, 2.75) is 10.7 Å². The van der Waals surface area contributed by atoms with Gasteiger partial charge in [0.1, 0.15) is 0 Å². The number of hydrogen-bond donors (Lipinski definition) is 4.